The van der Waals surface area contributed by atoms with Crippen LogP contribution in [0.4, 0.5) is 0 Å². The average molecular weight is 221 g/mol. The van der Waals surface area contributed by atoms with E-state index in [1.165, 1.54) is 16.7 Å². The molecule has 0 radical (unpaired) electrons. The van der Waals surface area contributed by atoms with Gasteiger partial charge in [0.25, 0.3) is 0 Å². The Morgan fingerprint density at radius 2 is 1.75 bits per heavy atom. The minimum absolute atomic E-state index is 0.261. The van der Waals surface area contributed by atoms with E-state index >= 15 is 0 Å². The molecular weight excluding hydrogens is 198 g/mol. The zero-order valence-corrected chi connectivity index (χ0v) is 11.1. The van der Waals surface area contributed by atoms with Gasteiger partial charge in [-0.2, -0.15) is 0 Å². The van der Waals surface area contributed by atoms with Gasteiger partial charge in [0.2, 0.25) is 0 Å². The number of rotatable bonds is 4. The van der Waals surface area contributed by atoms with Crippen molar-refractivity contribution in [2.24, 2.45) is 5.73 Å². The fraction of sp³-hybridized carbons (Fsp3) is 0.571. The Kier molecular flexibility index (Phi) is 3.98. The summed E-state index contributed by atoms with van der Waals surface area (Å²) in [5.74, 6) is 0.995. The Hall–Kier alpha value is -1.02. The monoisotopic (exact) mass is 221 g/mol. The summed E-state index contributed by atoms with van der Waals surface area (Å²) in [5.41, 5.74) is 9.17. The Labute approximate surface area is 98.8 Å². The Bertz CT molecular complexity index is 367. The summed E-state index contributed by atoms with van der Waals surface area (Å²) in [4.78, 5) is 0. The van der Waals surface area contributed by atoms with Gasteiger partial charge in [0.1, 0.15) is 11.4 Å². The second-order valence-corrected chi connectivity index (χ2v) is 4.76. The smallest absolute Gasteiger partial charge is 0.126 e. The highest BCUT2D eigenvalue weighted by atomic mass is 16.5. The van der Waals surface area contributed by atoms with Crippen molar-refractivity contribution in [1.82, 2.24) is 0 Å². The van der Waals surface area contributed by atoms with Crippen LogP contribution in [0.25, 0.3) is 0 Å². The van der Waals surface area contributed by atoms with E-state index in [2.05, 4.69) is 46.8 Å². The summed E-state index contributed by atoms with van der Waals surface area (Å²) < 4.78 is 6.12. The number of ether oxygens (including phenoxy) is 1. The first kappa shape index (κ1) is 13.0. The minimum Gasteiger partial charge on any atom is -0.486 e. The third-order valence-electron chi connectivity index (χ3n) is 3.40. The highest BCUT2D eigenvalue weighted by Gasteiger charge is 2.23. The van der Waals surface area contributed by atoms with E-state index in [9.17, 15) is 0 Å². The van der Waals surface area contributed by atoms with E-state index in [-0.39, 0.29) is 5.60 Å². The molecule has 0 aliphatic carbocycles. The van der Waals surface area contributed by atoms with Gasteiger partial charge >= 0.3 is 0 Å². The van der Waals surface area contributed by atoms with E-state index < -0.39 is 0 Å². The van der Waals surface area contributed by atoms with E-state index in [0.717, 1.165) is 12.2 Å². The normalized spacial score (nSPS) is 14.6. The van der Waals surface area contributed by atoms with E-state index in [1.807, 2.05) is 0 Å². The molecule has 0 saturated heterocycles. The maximum Gasteiger partial charge on any atom is 0.126 e. The molecule has 90 valence electrons. The maximum absolute atomic E-state index is 6.12. The fourth-order valence-electron chi connectivity index (χ4n) is 1.59. The number of benzene rings is 1. The molecule has 1 atom stereocenters. The van der Waals surface area contributed by atoms with Gasteiger partial charge in [-0.05, 0) is 50.8 Å². The lowest BCUT2D eigenvalue weighted by atomic mass is 10.0. The van der Waals surface area contributed by atoms with Crippen molar-refractivity contribution in [1.29, 1.82) is 0 Å². The molecule has 1 unspecified atom stereocenters. The first-order chi connectivity index (χ1) is 7.43. The molecule has 0 heterocycles. The van der Waals surface area contributed by atoms with Gasteiger partial charge in [0, 0.05) is 6.54 Å². The lowest BCUT2D eigenvalue weighted by Gasteiger charge is -2.30. The molecule has 0 fully saturated rings. The second-order valence-electron chi connectivity index (χ2n) is 4.76. The van der Waals surface area contributed by atoms with Gasteiger partial charge < -0.3 is 10.5 Å². The van der Waals surface area contributed by atoms with Crippen molar-refractivity contribution in [2.75, 3.05) is 6.54 Å². The lowest BCUT2D eigenvalue weighted by molar-refractivity contribution is 0.0916. The van der Waals surface area contributed by atoms with Gasteiger partial charge in [0.05, 0.1) is 0 Å². The van der Waals surface area contributed by atoms with Crippen LogP contribution in [0.3, 0.4) is 0 Å². The molecule has 0 bridgehead atoms. The summed E-state index contributed by atoms with van der Waals surface area (Å²) in [6, 6.07) is 4.23. The summed E-state index contributed by atoms with van der Waals surface area (Å²) >= 11 is 0. The third-order valence-corrected chi connectivity index (χ3v) is 3.40. The molecule has 2 nitrogen and oxygen atoms in total. The van der Waals surface area contributed by atoms with Crippen LogP contribution in [-0.2, 0) is 0 Å². The average Bonchev–Trinajstić information content (AvgIpc) is 2.29. The van der Waals surface area contributed by atoms with Crippen molar-refractivity contribution in [3.8, 4) is 5.75 Å². The first-order valence-electron chi connectivity index (χ1n) is 5.89. The van der Waals surface area contributed by atoms with Crippen molar-refractivity contribution in [2.45, 2.75) is 46.6 Å². The van der Waals surface area contributed by atoms with Crippen LogP contribution in [0, 0.1) is 20.8 Å². The quantitative estimate of drug-likeness (QED) is 0.848. The largest absolute Gasteiger partial charge is 0.486 e. The van der Waals surface area contributed by atoms with Crippen LogP contribution in [0.2, 0.25) is 0 Å². The third kappa shape index (κ3) is 2.56. The first-order valence-corrected chi connectivity index (χ1v) is 5.89. The van der Waals surface area contributed by atoms with Crippen LogP contribution >= 0.6 is 0 Å². The topological polar surface area (TPSA) is 35.2 Å². The van der Waals surface area contributed by atoms with Gasteiger partial charge in [-0.25, -0.2) is 0 Å². The molecule has 2 heteroatoms. The predicted molar refractivity (Wildman–Crippen MR) is 69.0 cm³/mol. The maximum atomic E-state index is 6.12. The zero-order valence-electron chi connectivity index (χ0n) is 11.1. The molecule has 0 aliphatic rings. The van der Waals surface area contributed by atoms with Crippen LogP contribution < -0.4 is 10.5 Å². The van der Waals surface area contributed by atoms with Crippen molar-refractivity contribution in [3.05, 3.63) is 28.8 Å². The molecule has 0 aromatic heterocycles. The molecule has 0 amide bonds. The Balaban J connectivity index is 3.10. The number of hydrogen-bond donors (Lipinski definition) is 1. The fourth-order valence-corrected chi connectivity index (χ4v) is 1.59. The zero-order chi connectivity index (χ0) is 12.3. The van der Waals surface area contributed by atoms with Gasteiger partial charge in [0.15, 0.2) is 0 Å². The van der Waals surface area contributed by atoms with Gasteiger partial charge in [-0.3, -0.25) is 0 Å². The number of aryl methyl sites for hydroxylation is 2. The lowest BCUT2D eigenvalue weighted by Crippen LogP contribution is -2.40. The Morgan fingerprint density at radius 1 is 1.19 bits per heavy atom. The van der Waals surface area contributed by atoms with E-state index in [1.54, 1.807) is 0 Å². The SMILES string of the molecule is CCC(C)(CN)Oc1c(C)ccc(C)c1C. The van der Waals surface area contributed by atoms with E-state index in [0.29, 0.717) is 6.54 Å². The van der Waals surface area contributed by atoms with Crippen molar-refractivity contribution in [3.63, 3.8) is 0 Å². The molecule has 0 saturated carbocycles. The highest BCUT2D eigenvalue weighted by Crippen LogP contribution is 2.30. The predicted octanol–water partition coefficient (Wildman–Crippen LogP) is 3.12. The molecule has 16 heavy (non-hydrogen) atoms. The molecule has 0 spiro atoms. The molecule has 2 N–H and O–H groups in total. The van der Waals surface area contributed by atoms with Crippen molar-refractivity contribution >= 4 is 0 Å². The standard InChI is InChI=1S/C14H23NO/c1-6-14(5,9-15)16-13-11(3)8-7-10(2)12(13)4/h7-8H,6,9,15H2,1-5H3. The molecule has 1 aromatic rings. The molecule has 1 rings (SSSR count). The summed E-state index contributed by atoms with van der Waals surface area (Å²) in [7, 11) is 0. The minimum atomic E-state index is -0.261. The van der Waals surface area contributed by atoms with Crippen LogP contribution in [0.15, 0.2) is 12.1 Å². The van der Waals surface area contributed by atoms with Crippen molar-refractivity contribution < 1.29 is 4.74 Å². The Morgan fingerprint density at radius 3 is 2.25 bits per heavy atom. The summed E-state index contributed by atoms with van der Waals surface area (Å²) in [5, 5.41) is 0. The van der Waals surface area contributed by atoms with Gasteiger partial charge in [-0.15, -0.1) is 0 Å². The highest BCUT2D eigenvalue weighted by molar-refractivity contribution is 5.44. The van der Waals surface area contributed by atoms with Crippen LogP contribution in [0.1, 0.15) is 37.0 Å². The molecule has 0 aliphatic heterocycles. The number of hydrogen-bond acceptors (Lipinski definition) is 2. The summed E-state index contributed by atoms with van der Waals surface area (Å²) in [6.07, 6.45) is 0.913. The molecular formula is C14H23NO. The van der Waals surface area contributed by atoms with Gasteiger partial charge in [-0.1, -0.05) is 19.1 Å². The second kappa shape index (κ2) is 4.88. The van der Waals surface area contributed by atoms with Crippen LogP contribution in [-0.4, -0.2) is 12.1 Å². The summed E-state index contributed by atoms with van der Waals surface area (Å²) in [6.45, 7) is 11.0. The van der Waals surface area contributed by atoms with E-state index in [4.69, 9.17) is 10.5 Å². The number of nitrogens with two attached hydrogens (primary N) is 1. The van der Waals surface area contributed by atoms with Crippen LogP contribution in [0.5, 0.6) is 5.75 Å². The molecule has 1 aromatic carbocycles.